The van der Waals surface area contributed by atoms with Gasteiger partial charge in [-0.3, -0.25) is 14.2 Å². The number of ether oxygens (including phenoxy) is 1. The molecule has 5 rings (SSSR count). The second-order valence-corrected chi connectivity index (χ2v) is 8.87. The number of rotatable bonds is 6. The molecule has 0 spiro atoms. The number of nitrogens with zero attached hydrogens (tertiary/aromatic N) is 5. The van der Waals surface area contributed by atoms with E-state index in [9.17, 15) is 9.59 Å². The number of aryl methyl sites for hydroxylation is 3. The van der Waals surface area contributed by atoms with Gasteiger partial charge in [0.1, 0.15) is 5.82 Å². The number of amides is 1. The van der Waals surface area contributed by atoms with Crippen molar-refractivity contribution >= 4 is 22.9 Å². The van der Waals surface area contributed by atoms with Gasteiger partial charge in [0.2, 0.25) is 5.91 Å². The quantitative estimate of drug-likeness (QED) is 0.474. The molecule has 9 heteroatoms. The number of anilines is 1. The summed E-state index contributed by atoms with van der Waals surface area (Å²) >= 11 is 0. The molecule has 9 nitrogen and oxygen atoms in total. The summed E-state index contributed by atoms with van der Waals surface area (Å²) in [6, 6.07) is 5.92. The minimum absolute atomic E-state index is 0.163. The van der Waals surface area contributed by atoms with Crippen LogP contribution in [0.4, 0.5) is 5.82 Å². The molecule has 174 valence electrons. The van der Waals surface area contributed by atoms with Crippen molar-refractivity contribution in [2.24, 2.45) is 14.1 Å². The third-order valence-corrected chi connectivity index (χ3v) is 6.16. The summed E-state index contributed by atoms with van der Waals surface area (Å²) in [5, 5.41) is 2.71. The molecule has 1 amide bonds. The van der Waals surface area contributed by atoms with Crippen molar-refractivity contribution in [3.05, 3.63) is 69.4 Å². The number of imidazole rings is 1. The van der Waals surface area contributed by atoms with Crippen molar-refractivity contribution in [3.8, 4) is 11.8 Å². The number of nitrogens with one attached hydrogen (secondary N) is 1. The Morgan fingerprint density at radius 2 is 2.03 bits per heavy atom. The van der Waals surface area contributed by atoms with Crippen molar-refractivity contribution in [2.45, 2.75) is 39.0 Å². The van der Waals surface area contributed by atoms with Gasteiger partial charge in [-0.1, -0.05) is 0 Å². The highest BCUT2D eigenvalue weighted by Gasteiger charge is 2.26. The average molecular weight is 459 g/mol. The molecule has 1 aliphatic rings. The van der Waals surface area contributed by atoms with Crippen LogP contribution in [0.15, 0.2) is 41.6 Å². The topological polar surface area (TPSA) is 104 Å². The average Bonchev–Trinajstić information content (AvgIpc) is 3.58. The summed E-state index contributed by atoms with van der Waals surface area (Å²) in [5.74, 6) is 1.12. The lowest BCUT2D eigenvalue weighted by molar-refractivity contribution is -0.114. The lowest BCUT2D eigenvalue weighted by Crippen LogP contribution is -2.18. The van der Waals surface area contributed by atoms with Crippen molar-refractivity contribution in [1.82, 2.24) is 24.1 Å². The Bertz CT molecular complexity index is 1480. The van der Waals surface area contributed by atoms with E-state index >= 15 is 0 Å². The van der Waals surface area contributed by atoms with E-state index in [-0.39, 0.29) is 17.2 Å². The molecule has 34 heavy (non-hydrogen) atoms. The molecule has 0 unspecified atom stereocenters. The zero-order valence-electron chi connectivity index (χ0n) is 19.6. The third-order valence-electron chi connectivity index (χ3n) is 6.16. The molecule has 4 aromatic heterocycles. The Morgan fingerprint density at radius 3 is 2.76 bits per heavy atom. The summed E-state index contributed by atoms with van der Waals surface area (Å²) in [6.07, 6.45) is 8.26. The molecular formula is C25H26N6O3. The predicted molar refractivity (Wildman–Crippen MR) is 128 cm³/mol. The van der Waals surface area contributed by atoms with E-state index in [0.29, 0.717) is 29.8 Å². The molecule has 1 N–H and O–H groups in total. The van der Waals surface area contributed by atoms with Crippen LogP contribution in [0, 0.1) is 6.92 Å². The summed E-state index contributed by atoms with van der Waals surface area (Å²) in [6.45, 7) is 3.48. The largest absolute Gasteiger partial charge is 0.420 e. The van der Waals surface area contributed by atoms with Crippen LogP contribution in [0.1, 0.15) is 47.9 Å². The number of carbonyl (C=O) groups is 1. The van der Waals surface area contributed by atoms with Crippen LogP contribution < -0.4 is 15.6 Å². The van der Waals surface area contributed by atoms with Crippen LogP contribution >= 0.6 is 0 Å². The van der Waals surface area contributed by atoms with Crippen LogP contribution in [-0.2, 0) is 25.3 Å². The minimum atomic E-state index is -0.200. The van der Waals surface area contributed by atoms with Crippen molar-refractivity contribution in [3.63, 3.8) is 0 Å². The van der Waals surface area contributed by atoms with Gasteiger partial charge in [-0.05, 0) is 72.6 Å². The number of carbonyl (C=O) groups excluding carboxylic acids is 1. The Hall–Kier alpha value is -4.01. The third kappa shape index (κ3) is 4.16. The molecule has 0 saturated heterocycles. The number of aromatic nitrogens is 5. The molecule has 1 saturated carbocycles. The van der Waals surface area contributed by atoms with Crippen LogP contribution in [0.3, 0.4) is 0 Å². The first-order chi connectivity index (χ1) is 16.3. The number of fused-ring (bicyclic) bond motifs is 1. The molecule has 1 fully saturated rings. The maximum atomic E-state index is 12.7. The first kappa shape index (κ1) is 21.8. The first-order valence-electron chi connectivity index (χ1n) is 11.2. The van der Waals surface area contributed by atoms with Crippen molar-refractivity contribution in [2.75, 3.05) is 5.32 Å². The molecule has 0 aromatic carbocycles. The first-order valence-corrected chi connectivity index (χ1v) is 11.2. The summed E-state index contributed by atoms with van der Waals surface area (Å²) in [7, 11) is 3.60. The van der Waals surface area contributed by atoms with Crippen LogP contribution in [0.5, 0.6) is 11.8 Å². The smallest absolute Gasteiger partial charge is 0.304 e. The summed E-state index contributed by atoms with van der Waals surface area (Å²) in [5.41, 5.74) is 5.36. The van der Waals surface area contributed by atoms with Gasteiger partial charge in [0.25, 0.3) is 5.56 Å². The van der Waals surface area contributed by atoms with E-state index in [2.05, 4.69) is 20.3 Å². The monoisotopic (exact) mass is 458 g/mol. The lowest BCUT2D eigenvalue weighted by atomic mass is 10.0. The van der Waals surface area contributed by atoms with E-state index in [1.165, 1.54) is 6.92 Å². The zero-order chi connectivity index (χ0) is 24.0. The molecule has 0 bridgehead atoms. The molecule has 0 radical (unpaired) electrons. The number of hydrogen-bond acceptors (Lipinski definition) is 6. The molecule has 0 atom stereocenters. The highest BCUT2D eigenvalue weighted by molar-refractivity contribution is 5.87. The fourth-order valence-electron chi connectivity index (χ4n) is 4.20. The molecule has 4 aromatic rings. The van der Waals surface area contributed by atoms with Crippen LogP contribution in [0.2, 0.25) is 0 Å². The highest BCUT2D eigenvalue weighted by Crippen LogP contribution is 2.40. The molecule has 0 aliphatic heterocycles. The molecular weight excluding hydrogens is 432 g/mol. The van der Waals surface area contributed by atoms with Gasteiger partial charge in [0, 0.05) is 39.6 Å². The maximum Gasteiger partial charge on any atom is 0.304 e. The van der Waals surface area contributed by atoms with Crippen LogP contribution in [0.25, 0.3) is 11.2 Å². The SMILES string of the molecule is CC(=O)Nc1cc(Cc2cnc3nc(Oc4cc(C5CC5)cn(C)c4=O)n(C)c3c2C)ccn1. The Labute approximate surface area is 196 Å². The molecule has 1 aliphatic carbocycles. The van der Waals surface area contributed by atoms with Crippen LogP contribution in [-0.4, -0.2) is 30.0 Å². The Kier molecular flexibility index (Phi) is 5.39. The van der Waals surface area contributed by atoms with Crippen molar-refractivity contribution in [1.29, 1.82) is 0 Å². The normalized spacial score (nSPS) is 13.3. The van der Waals surface area contributed by atoms with E-state index in [1.807, 2.05) is 42.9 Å². The van der Waals surface area contributed by atoms with E-state index < -0.39 is 0 Å². The fourth-order valence-corrected chi connectivity index (χ4v) is 4.20. The van der Waals surface area contributed by atoms with E-state index in [1.54, 1.807) is 24.0 Å². The standard InChI is InChI=1S/C25H26N6O3/c1-14-18(9-16-7-8-26-21(10-16)28-15(2)32)12-27-23-22(14)31(4)25(29-23)34-20-11-19(17-5-6-17)13-30(3)24(20)33/h7-8,10-13,17H,5-6,9H2,1-4H3,(H,26,28,32). The lowest BCUT2D eigenvalue weighted by Gasteiger charge is -2.10. The molecule has 4 heterocycles. The van der Waals surface area contributed by atoms with Gasteiger partial charge >= 0.3 is 6.01 Å². The second-order valence-electron chi connectivity index (χ2n) is 8.87. The van der Waals surface area contributed by atoms with Gasteiger partial charge in [-0.25, -0.2) is 9.97 Å². The highest BCUT2D eigenvalue weighted by atomic mass is 16.5. The van der Waals surface area contributed by atoms with Gasteiger partial charge < -0.3 is 14.6 Å². The Morgan fingerprint density at radius 1 is 1.24 bits per heavy atom. The predicted octanol–water partition coefficient (Wildman–Crippen LogP) is 3.59. The summed E-state index contributed by atoms with van der Waals surface area (Å²) in [4.78, 5) is 37.3. The minimum Gasteiger partial charge on any atom is -0.420 e. The van der Waals surface area contributed by atoms with Gasteiger partial charge in [-0.2, -0.15) is 4.98 Å². The van der Waals surface area contributed by atoms with Gasteiger partial charge in [0.15, 0.2) is 11.4 Å². The maximum absolute atomic E-state index is 12.7. The van der Waals surface area contributed by atoms with E-state index in [4.69, 9.17) is 4.74 Å². The number of pyridine rings is 3. The van der Waals surface area contributed by atoms with Crippen molar-refractivity contribution < 1.29 is 9.53 Å². The van der Waals surface area contributed by atoms with E-state index in [0.717, 1.165) is 40.6 Å². The Balaban J connectivity index is 1.47. The number of hydrogen-bond donors (Lipinski definition) is 1. The summed E-state index contributed by atoms with van der Waals surface area (Å²) < 4.78 is 9.42. The van der Waals surface area contributed by atoms with Gasteiger partial charge in [0.05, 0.1) is 5.52 Å². The zero-order valence-corrected chi connectivity index (χ0v) is 19.6. The second kappa shape index (κ2) is 8.40. The van der Waals surface area contributed by atoms with Gasteiger partial charge in [-0.15, -0.1) is 0 Å². The fraction of sp³-hybridized carbons (Fsp3) is 0.320.